The molecule has 0 saturated carbocycles. The number of nitrogens with zero attached hydrogens (tertiary/aromatic N) is 4. The van der Waals surface area contributed by atoms with Gasteiger partial charge in [-0.05, 0) is 45.1 Å². The van der Waals surface area contributed by atoms with Crippen LogP contribution in [-0.2, 0) is 12.8 Å². The summed E-state index contributed by atoms with van der Waals surface area (Å²) >= 11 is 0. The Morgan fingerprint density at radius 3 is 2.65 bits per heavy atom. The van der Waals surface area contributed by atoms with Crippen LogP contribution in [0.25, 0.3) is 11.0 Å². The molecule has 144 valence electrons. The lowest BCUT2D eigenvalue weighted by atomic mass is 10.1. The van der Waals surface area contributed by atoms with Gasteiger partial charge in [0.1, 0.15) is 11.3 Å². The molecular formula is C19H32N6O. The highest BCUT2D eigenvalue weighted by atomic mass is 16.3. The number of unbranched alkanes of at least 4 members (excludes halogenated alkanes) is 3. The van der Waals surface area contributed by atoms with E-state index in [0.29, 0.717) is 11.3 Å². The third-order valence-corrected chi connectivity index (χ3v) is 5.26. The van der Waals surface area contributed by atoms with Gasteiger partial charge in [-0.1, -0.05) is 19.8 Å². The fourth-order valence-electron chi connectivity index (χ4n) is 3.60. The van der Waals surface area contributed by atoms with Crippen LogP contribution < -0.4 is 5.73 Å². The Hall–Kier alpha value is -1.73. The predicted molar refractivity (Wildman–Crippen MR) is 104 cm³/mol. The van der Waals surface area contributed by atoms with Gasteiger partial charge in [0.15, 0.2) is 11.3 Å². The first-order chi connectivity index (χ1) is 12.7. The van der Waals surface area contributed by atoms with Crippen molar-refractivity contribution < 1.29 is 5.11 Å². The average Bonchev–Trinajstić information content (AvgIpc) is 3.05. The lowest BCUT2D eigenvalue weighted by Gasteiger charge is -2.29. The standard InChI is InChI=1S/C19H32N6O/c1-2-3-8-16-21-17-15(23-24-18(17)19(20)22-16)7-5-4-6-11-25-12-9-14(26)10-13-25/h14,26H,2-13H2,1H3,(H,23,24)(H2,20,21,22). The molecule has 0 aromatic carbocycles. The largest absolute Gasteiger partial charge is 0.393 e. The summed E-state index contributed by atoms with van der Waals surface area (Å²) < 4.78 is 0. The van der Waals surface area contributed by atoms with E-state index in [1.54, 1.807) is 0 Å². The van der Waals surface area contributed by atoms with E-state index in [9.17, 15) is 5.11 Å². The number of nitrogens with one attached hydrogen (secondary N) is 1. The molecule has 0 aliphatic carbocycles. The average molecular weight is 361 g/mol. The Morgan fingerprint density at radius 1 is 1.08 bits per heavy atom. The number of rotatable bonds is 9. The molecule has 1 aliphatic heterocycles. The van der Waals surface area contributed by atoms with E-state index in [-0.39, 0.29) is 6.10 Å². The molecule has 4 N–H and O–H groups in total. The number of aryl methyl sites for hydroxylation is 2. The molecule has 1 aliphatic rings. The molecule has 0 atom stereocenters. The molecule has 0 unspecified atom stereocenters. The Kier molecular flexibility index (Phi) is 6.80. The second-order valence-electron chi connectivity index (χ2n) is 7.41. The molecule has 1 fully saturated rings. The summed E-state index contributed by atoms with van der Waals surface area (Å²) in [6, 6.07) is 0. The highest BCUT2D eigenvalue weighted by Gasteiger charge is 2.16. The van der Waals surface area contributed by atoms with Crippen molar-refractivity contribution in [1.82, 2.24) is 25.1 Å². The monoisotopic (exact) mass is 360 g/mol. The number of aromatic nitrogens is 4. The molecule has 2 aromatic heterocycles. The molecule has 0 amide bonds. The zero-order valence-corrected chi connectivity index (χ0v) is 15.9. The molecule has 7 nitrogen and oxygen atoms in total. The zero-order valence-electron chi connectivity index (χ0n) is 15.9. The minimum atomic E-state index is -0.0865. The van der Waals surface area contributed by atoms with Crippen molar-refractivity contribution in [1.29, 1.82) is 0 Å². The van der Waals surface area contributed by atoms with Gasteiger partial charge in [-0.25, -0.2) is 9.97 Å². The van der Waals surface area contributed by atoms with Crippen LogP contribution in [-0.4, -0.2) is 55.9 Å². The van der Waals surface area contributed by atoms with E-state index in [0.717, 1.165) is 81.6 Å². The number of likely N-dealkylation sites (tertiary alicyclic amines) is 1. The molecular weight excluding hydrogens is 328 g/mol. The molecule has 3 rings (SSSR count). The second kappa shape index (κ2) is 9.28. The first-order valence-electron chi connectivity index (χ1n) is 10.1. The van der Waals surface area contributed by atoms with Crippen LogP contribution in [0.15, 0.2) is 0 Å². The van der Waals surface area contributed by atoms with Crippen LogP contribution in [0, 0.1) is 0 Å². The van der Waals surface area contributed by atoms with Crippen molar-refractivity contribution in [3.05, 3.63) is 11.5 Å². The first kappa shape index (κ1) is 19.0. The van der Waals surface area contributed by atoms with Gasteiger partial charge in [0.25, 0.3) is 0 Å². The smallest absolute Gasteiger partial charge is 0.155 e. The number of aliphatic hydroxyl groups excluding tert-OH is 1. The topological polar surface area (TPSA) is 104 Å². The minimum Gasteiger partial charge on any atom is -0.393 e. The number of nitrogen functional groups attached to an aromatic ring is 1. The number of hydrogen-bond donors (Lipinski definition) is 3. The minimum absolute atomic E-state index is 0.0865. The van der Waals surface area contributed by atoms with Crippen LogP contribution in [0.1, 0.15) is 63.4 Å². The third-order valence-electron chi connectivity index (χ3n) is 5.26. The van der Waals surface area contributed by atoms with E-state index >= 15 is 0 Å². The number of H-pyrrole nitrogens is 1. The third kappa shape index (κ3) is 4.92. The number of anilines is 1. The SMILES string of the molecule is CCCCc1nc(N)c2n[nH]c(CCCCCN3CCC(O)CC3)c2n1. The Bertz CT molecular complexity index is 693. The van der Waals surface area contributed by atoms with E-state index in [2.05, 4.69) is 27.0 Å². The number of piperidine rings is 1. The molecule has 1 saturated heterocycles. The zero-order chi connectivity index (χ0) is 18.4. The van der Waals surface area contributed by atoms with Gasteiger partial charge in [-0.2, -0.15) is 5.10 Å². The van der Waals surface area contributed by atoms with Gasteiger partial charge in [0, 0.05) is 19.5 Å². The lowest BCUT2D eigenvalue weighted by Crippen LogP contribution is -2.36. The number of hydrogen-bond acceptors (Lipinski definition) is 6. The van der Waals surface area contributed by atoms with Crippen LogP contribution in [0.5, 0.6) is 0 Å². The summed E-state index contributed by atoms with van der Waals surface area (Å²) in [5, 5.41) is 17.0. The fraction of sp³-hybridized carbons (Fsp3) is 0.737. The van der Waals surface area contributed by atoms with Crippen molar-refractivity contribution in [3.63, 3.8) is 0 Å². The maximum Gasteiger partial charge on any atom is 0.155 e. The summed E-state index contributed by atoms with van der Waals surface area (Å²) in [5.41, 5.74) is 8.73. The van der Waals surface area contributed by atoms with Crippen molar-refractivity contribution in [2.24, 2.45) is 0 Å². The molecule has 0 radical (unpaired) electrons. The summed E-state index contributed by atoms with van der Waals surface area (Å²) in [6.07, 6.45) is 9.25. The highest BCUT2D eigenvalue weighted by molar-refractivity contribution is 5.85. The van der Waals surface area contributed by atoms with Crippen molar-refractivity contribution in [2.75, 3.05) is 25.4 Å². The second-order valence-corrected chi connectivity index (χ2v) is 7.41. The van der Waals surface area contributed by atoms with Gasteiger partial charge >= 0.3 is 0 Å². The van der Waals surface area contributed by atoms with E-state index in [1.165, 1.54) is 12.8 Å². The van der Waals surface area contributed by atoms with Crippen LogP contribution in [0.4, 0.5) is 5.82 Å². The van der Waals surface area contributed by atoms with Gasteiger partial charge in [0.05, 0.1) is 11.8 Å². The highest BCUT2D eigenvalue weighted by Crippen LogP contribution is 2.21. The van der Waals surface area contributed by atoms with E-state index in [1.807, 2.05) is 0 Å². The number of nitrogens with two attached hydrogens (primary N) is 1. The molecule has 3 heterocycles. The first-order valence-corrected chi connectivity index (χ1v) is 10.1. The van der Waals surface area contributed by atoms with Gasteiger partial charge in [-0.15, -0.1) is 0 Å². The summed E-state index contributed by atoms with van der Waals surface area (Å²) in [5.74, 6) is 1.31. The van der Waals surface area contributed by atoms with Crippen molar-refractivity contribution in [3.8, 4) is 0 Å². The molecule has 0 spiro atoms. The Labute approximate surface area is 155 Å². The number of fused-ring (bicyclic) bond motifs is 1. The summed E-state index contributed by atoms with van der Waals surface area (Å²) in [6.45, 7) is 5.36. The number of aromatic amines is 1. The maximum atomic E-state index is 9.56. The summed E-state index contributed by atoms with van der Waals surface area (Å²) in [7, 11) is 0. The van der Waals surface area contributed by atoms with Gasteiger partial charge < -0.3 is 15.7 Å². The van der Waals surface area contributed by atoms with Crippen molar-refractivity contribution in [2.45, 2.75) is 70.8 Å². The van der Waals surface area contributed by atoms with Gasteiger partial charge in [-0.3, -0.25) is 5.10 Å². The molecule has 2 aromatic rings. The van der Waals surface area contributed by atoms with E-state index < -0.39 is 0 Å². The Morgan fingerprint density at radius 2 is 1.88 bits per heavy atom. The van der Waals surface area contributed by atoms with E-state index in [4.69, 9.17) is 10.7 Å². The molecule has 0 bridgehead atoms. The normalized spacial score (nSPS) is 16.5. The Balaban J connectivity index is 1.48. The summed E-state index contributed by atoms with van der Waals surface area (Å²) in [4.78, 5) is 11.5. The molecule has 26 heavy (non-hydrogen) atoms. The predicted octanol–water partition coefficient (Wildman–Crippen LogP) is 2.45. The van der Waals surface area contributed by atoms with Crippen LogP contribution in [0.2, 0.25) is 0 Å². The van der Waals surface area contributed by atoms with Crippen molar-refractivity contribution >= 4 is 16.9 Å². The fourth-order valence-corrected chi connectivity index (χ4v) is 3.60. The quantitative estimate of drug-likeness (QED) is 0.593. The van der Waals surface area contributed by atoms with Gasteiger partial charge in [0.2, 0.25) is 0 Å². The maximum absolute atomic E-state index is 9.56. The molecule has 7 heteroatoms. The lowest BCUT2D eigenvalue weighted by molar-refractivity contribution is 0.0818. The van der Waals surface area contributed by atoms with Crippen LogP contribution in [0.3, 0.4) is 0 Å². The number of aliphatic hydroxyl groups is 1. The van der Waals surface area contributed by atoms with Crippen LogP contribution >= 0.6 is 0 Å².